The third-order valence-corrected chi connectivity index (χ3v) is 6.07. The normalized spacial score (nSPS) is 24.6. The molecule has 142 valence electrons. The number of nitrogens with two attached hydrogens (primary N) is 1. The molecule has 1 aliphatic carbocycles. The van der Waals surface area contributed by atoms with Gasteiger partial charge in [-0.2, -0.15) is 0 Å². The zero-order valence-electron chi connectivity index (χ0n) is 15.6. The molecule has 1 heterocycles. The third-order valence-electron chi connectivity index (χ3n) is 6.07. The smallest absolute Gasteiger partial charge is 0.254 e. The minimum atomic E-state index is -0.386. The molecule has 0 bridgehead atoms. The molecule has 2 aromatic carbocycles. The minimum absolute atomic E-state index is 0.0250. The molecule has 1 aliphatic heterocycles. The fourth-order valence-corrected chi connectivity index (χ4v) is 4.77. The fourth-order valence-electron chi connectivity index (χ4n) is 4.77. The van der Waals surface area contributed by atoms with Crippen LogP contribution in [0.3, 0.4) is 0 Å². The topological polar surface area (TPSA) is 75.4 Å². The first-order valence-electron chi connectivity index (χ1n) is 9.98. The van der Waals surface area contributed by atoms with Crippen molar-refractivity contribution in [3.63, 3.8) is 0 Å². The van der Waals surface area contributed by atoms with Gasteiger partial charge in [0.25, 0.3) is 5.91 Å². The van der Waals surface area contributed by atoms with Crippen LogP contribution < -0.4 is 11.1 Å². The molecule has 2 aliphatic rings. The summed E-state index contributed by atoms with van der Waals surface area (Å²) in [4.78, 5) is 28.1. The number of rotatable bonds is 4. The Balaban J connectivity index is 1.65. The van der Waals surface area contributed by atoms with Crippen molar-refractivity contribution in [2.75, 3.05) is 13.1 Å². The predicted molar refractivity (Wildman–Crippen MR) is 106 cm³/mol. The standard InChI is InChI=1S/C22H27N3O2/c23-11-12-24-21(26)20-14-17-7-3-4-8-19(17)25(20)22(27)18-10-9-15-5-1-2-6-16(15)13-18/h1-2,5-6,9-10,13,17,19-20H,3-4,7-8,11-12,14,23H2,(H,24,26). The molecule has 1 saturated heterocycles. The molecular weight excluding hydrogens is 338 g/mol. The number of nitrogens with one attached hydrogen (secondary N) is 1. The molecule has 3 N–H and O–H groups in total. The molecular formula is C22H27N3O2. The minimum Gasteiger partial charge on any atom is -0.353 e. The van der Waals surface area contributed by atoms with Gasteiger partial charge in [-0.25, -0.2) is 0 Å². The van der Waals surface area contributed by atoms with Gasteiger partial charge in [-0.1, -0.05) is 43.2 Å². The monoisotopic (exact) mass is 365 g/mol. The highest BCUT2D eigenvalue weighted by molar-refractivity contribution is 6.01. The average molecular weight is 365 g/mol. The summed E-state index contributed by atoms with van der Waals surface area (Å²) in [6.45, 7) is 0.854. The number of nitrogens with zero attached hydrogens (tertiary/aromatic N) is 1. The summed E-state index contributed by atoms with van der Waals surface area (Å²) in [5.74, 6) is 0.337. The number of fused-ring (bicyclic) bond motifs is 2. The second kappa shape index (κ2) is 7.69. The van der Waals surface area contributed by atoms with Gasteiger partial charge in [0.1, 0.15) is 6.04 Å². The average Bonchev–Trinajstić information content (AvgIpc) is 3.10. The molecule has 4 rings (SSSR count). The number of benzene rings is 2. The van der Waals surface area contributed by atoms with Gasteiger partial charge >= 0.3 is 0 Å². The molecule has 2 fully saturated rings. The van der Waals surface area contributed by atoms with Gasteiger partial charge in [0, 0.05) is 24.7 Å². The number of amides is 2. The van der Waals surface area contributed by atoms with E-state index in [0.29, 0.717) is 24.6 Å². The predicted octanol–water partition coefficient (Wildman–Crippen LogP) is 2.69. The number of likely N-dealkylation sites (tertiary alicyclic amines) is 1. The Morgan fingerprint density at radius 1 is 1.07 bits per heavy atom. The summed E-state index contributed by atoms with van der Waals surface area (Å²) >= 11 is 0. The first-order chi connectivity index (χ1) is 13.2. The van der Waals surface area contributed by atoms with Crippen molar-refractivity contribution in [3.05, 3.63) is 48.0 Å². The highest BCUT2D eigenvalue weighted by Gasteiger charge is 2.47. The Labute approximate surface area is 159 Å². The van der Waals surface area contributed by atoms with Crippen molar-refractivity contribution in [1.82, 2.24) is 10.2 Å². The third kappa shape index (κ3) is 3.44. The summed E-state index contributed by atoms with van der Waals surface area (Å²) in [6.07, 6.45) is 5.17. The number of hydrogen-bond acceptors (Lipinski definition) is 3. The van der Waals surface area contributed by atoms with Crippen LogP contribution in [-0.4, -0.2) is 41.9 Å². The largest absolute Gasteiger partial charge is 0.353 e. The van der Waals surface area contributed by atoms with Crippen LogP contribution in [-0.2, 0) is 4.79 Å². The van der Waals surface area contributed by atoms with Gasteiger partial charge in [0.2, 0.25) is 5.91 Å². The summed E-state index contributed by atoms with van der Waals surface area (Å²) in [6, 6.07) is 13.6. The van der Waals surface area contributed by atoms with E-state index in [-0.39, 0.29) is 23.9 Å². The summed E-state index contributed by atoms with van der Waals surface area (Å²) in [7, 11) is 0. The second-order valence-electron chi connectivity index (χ2n) is 7.72. The lowest BCUT2D eigenvalue weighted by atomic mass is 9.84. The van der Waals surface area contributed by atoms with E-state index < -0.39 is 0 Å². The van der Waals surface area contributed by atoms with E-state index in [9.17, 15) is 9.59 Å². The highest BCUT2D eigenvalue weighted by Crippen LogP contribution is 2.40. The van der Waals surface area contributed by atoms with E-state index in [1.165, 1.54) is 6.42 Å². The van der Waals surface area contributed by atoms with Gasteiger partial charge in [-0.3, -0.25) is 9.59 Å². The maximum absolute atomic E-state index is 13.5. The van der Waals surface area contributed by atoms with Gasteiger partial charge in [0.15, 0.2) is 0 Å². The summed E-state index contributed by atoms with van der Waals surface area (Å²) < 4.78 is 0. The molecule has 5 nitrogen and oxygen atoms in total. The van der Waals surface area contributed by atoms with Crippen LogP contribution in [0, 0.1) is 5.92 Å². The lowest BCUT2D eigenvalue weighted by molar-refractivity contribution is -0.125. The zero-order chi connectivity index (χ0) is 18.8. The molecule has 3 unspecified atom stereocenters. The lowest BCUT2D eigenvalue weighted by Gasteiger charge is -2.33. The van der Waals surface area contributed by atoms with Crippen LogP contribution in [0.2, 0.25) is 0 Å². The molecule has 2 amide bonds. The maximum Gasteiger partial charge on any atom is 0.254 e. The molecule has 2 aromatic rings. The van der Waals surface area contributed by atoms with Crippen molar-refractivity contribution in [3.8, 4) is 0 Å². The Morgan fingerprint density at radius 3 is 2.67 bits per heavy atom. The van der Waals surface area contributed by atoms with E-state index in [1.54, 1.807) is 0 Å². The lowest BCUT2D eigenvalue weighted by Crippen LogP contribution is -2.50. The molecule has 1 saturated carbocycles. The molecule has 0 spiro atoms. The van der Waals surface area contributed by atoms with Crippen molar-refractivity contribution in [2.45, 2.75) is 44.2 Å². The molecule has 3 atom stereocenters. The van der Waals surface area contributed by atoms with E-state index in [0.717, 1.165) is 36.5 Å². The van der Waals surface area contributed by atoms with Gasteiger partial charge < -0.3 is 16.0 Å². The van der Waals surface area contributed by atoms with Crippen molar-refractivity contribution >= 4 is 22.6 Å². The summed E-state index contributed by atoms with van der Waals surface area (Å²) in [5.41, 5.74) is 6.20. The van der Waals surface area contributed by atoms with Gasteiger partial charge in [-0.05, 0) is 48.1 Å². The number of carbonyl (C=O) groups excluding carboxylic acids is 2. The van der Waals surface area contributed by atoms with Crippen LogP contribution in [0.4, 0.5) is 0 Å². The Kier molecular flexibility index (Phi) is 5.12. The summed E-state index contributed by atoms with van der Waals surface area (Å²) in [5, 5.41) is 5.05. The van der Waals surface area contributed by atoms with Crippen molar-refractivity contribution in [1.29, 1.82) is 0 Å². The highest BCUT2D eigenvalue weighted by atomic mass is 16.2. The maximum atomic E-state index is 13.5. The second-order valence-corrected chi connectivity index (χ2v) is 7.72. The first-order valence-corrected chi connectivity index (χ1v) is 9.98. The quantitative estimate of drug-likeness (QED) is 0.875. The SMILES string of the molecule is NCCNC(=O)C1CC2CCCCC2N1C(=O)c1ccc2ccccc2c1. The molecule has 5 heteroatoms. The Bertz CT molecular complexity index is 850. The van der Waals surface area contributed by atoms with E-state index in [1.807, 2.05) is 47.4 Å². The van der Waals surface area contributed by atoms with Gasteiger partial charge in [-0.15, -0.1) is 0 Å². The van der Waals surface area contributed by atoms with Crippen molar-refractivity contribution < 1.29 is 9.59 Å². The van der Waals surface area contributed by atoms with E-state index in [2.05, 4.69) is 5.32 Å². The van der Waals surface area contributed by atoms with E-state index in [4.69, 9.17) is 5.73 Å². The van der Waals surface area contributed by atoms with Crippen LogP contribution >= 0.6 is 0 Å². The molecule has 0 aromatic heterocycles. The fraction of sp³-hybridized carbons (Fsp3) is 0.455. The first kappa shape index (κ1) is 18.0. The van der Waals surface area contributed by atoms with Crippen LogP contribution in [0.25, 0.3) is 10.8 Å². The van der Waals surface area contributed by atoms with Gasteiger partial charge in [0.05, 0.1) is 0 Å². The zero-order valence-corrected chi connectivity index (χ0v) is 15.6. The number of carbonyl (C=O) groups is 2. The molecule has 27 heavy (non-hydrogen) atoms. The Hall–Kier alpha value is -2.40. The number of hydrogen-bond donors (Lipinski definition) is 2. The van der Waals surface area contributed by atoms with E-state index >= 15 is 0 Å². The van der Waals surface area contributed by atoms with Crippen LogP contribution in [0.15, 0.2) is 42.5 Å². The molecule has 0 radical (unpaired) electrons. The van der Waals surface area contributed by atoms with Crippen LogP contribution in [0.5, 0.6) is 0 Å². The van der Waals surface area contributed by atoms with Crippen molar-refractivity contribution in [2.24, 2.45) is 11.7 Å². The van der Waals surface area contributed by atoms with Crippen LogP contribution in [0.1, 0.15) is 42.5 Å². The Morgan fingerprint density at radius 2 is 1.85 bits per heavy atom.